The van der Waals surface area contributed by atoms with Crippen LogP contribution in [0.4, 0.5) is 0 Å². The Morgan fingerprint density at radius 2 is 2.30 bits per heavy atom. The highest BCUT2D eigenvalue weighted by Crippen LogP contribution is 1.86. The molecule has 10 heavy (non-hydrogen) atoms. The quantitative estimate of drug-likeness (QED) is 0.548. The van der Waals surface area contributed by atoms with Gasteiger partial charge in [-0.3, -0.25) is 0 Å². The van der Waals surface area contributed by atoms with Crippen LogP contribution in [0.25, 0.3) is 0 Å². The van der Waals surface area contributed by atoms with Gasteiger partial charge in [0, 0.05) is 0 Å². The molecule has 0 radical (unpaired) electrons. The molecule has 0 saturated carbocycles. The molecule has 0 aliphatic heterocycles. The van der Waals surface area contributed by atoms with Crippen LogP contribution in [0.3, 0.4) is 0 Å². The van der Waals surface area contributed by atoms with E-state index in [0.717, 1.165) is 6.42 Å². The summed E-state index contributed by atoms with van der Waals surface area (Å²) in [4.78, 5) is 0. The Balaban J connectivity index is 3.10. The Morgan fingerprint density at radius 1 is 1.60 bits per heavy atom. The van der Waals surface area contributed by atoms with Crippen LogP contribution >= 0.6 is 0 Å². The minimum absolute atomic E-state index is 0.160. The van der Waals surface area contributed by atoms with Crippen molar-refractivity contribution in [2.24, 2.45) is 0 Å². The number of rotatable bonds is 5. The number of hydrogen-bond acceptors (Lipinski definition) is 3. The molecule has 0 spiro atoms. The third-order valence-corrected chi connectivity index (χ3v) is 0.928. The third kappa shape index (κ3) is 5.59. The lowest BCUT2D eigenvalue weighted by Gasteiger charge is -2.04. The van der Waals surface area contributed by atoms with E-state index in [1.54, 1.807) is 0 Å². The van der Waals surface area contributed by atoms with Crippen molar-refractivity contribution >= 4 is 0 Å². The van der Waals surface area contributed by atoms with Gasteiger partial charge in [0.15, 0.2) is 0 Å². The first-order valence-electron chi connectivity index (χ1n) is 3.36. The van der Waals surface area contributed by atoms with Crippen LogP contribution in [0, 0.1) is 0 Å². The Bertz CT molecular complexity index is 90.9. The van der Waals surface area contributed by atoms with Crippen molar-refractivity contribution in [1.82, 2.24) is 0 Å². The van der Waals surface area contributed by atoms with Crippen LogP contribution < -0.4 is 0 Å². The summed E-state index contributed by atoms with van der Waals surface area (Å²) < 4.78 is 4.84. The van der Waals surface area contributed by atoms with Gasteiger partial charge in [-0.1, -0.05) is 13.0 Å². The number of aliphatic hydroxyl groups excluding tert-OH is 2. The zero-order chi connectivity index (χ0) is 7.82. The van der Waals surface area contributed by atoms with E-state index in [1.807, 2.05) is 13.0 Å². The predicted octanol–water partition coefficient (Wildman–Crippen LogP) is 0.280. The van der Waals surface area contributed by atoms with E-state index < -0.39 is 6.10 Å². The van der Waals surface area contributed by atoms with Crippen molar-refractivity contribution in [3.05, 3.63) is 12.3 Å². The molecule has 2 N–H and O–H groups in total. The highest BCUT2D eigenvalue weighted by Gasteiger charge is 1.98. The predicted molar refractivity (Wildman–Crippen MR) is 38.5 cm³/mol. The number of aliphatic hydroxyl groups is 2. The zero-order valence-electron chi connectivity index (χ0n) is 6.16. The maximum Gasteiger partial charge on any atom is 0.115 e. The second kappa shape index (κ2) is 6.58. The largest absolute Gasteiger partial charge is 0.499 e. The molecule has 0 aromatic rings. The molecule has 0 aromatic carbocycles. The van der Waals surface area contributed by atoms with Crippen molar-refractivity contribution in [3.63, 3.8) is 0 Å². The molecule has 0 aliphatic rings. The Hall–Kier alpha value is -0.540. The third-order valence-electron chi connectivity index (χ3n) is 0.928. The number of allylic oxidation sites excluding steroid dienone is 1. The molecule has 0 bridgehead atoms. The molecular formula is C7H14O3. The monoisotopic (exact) mass is 146 g/mol. The molecule has 3 heteroatoms. The van der Waals surface area contributed by atoms with Crippen molar-refractivity contribution < 1.29 is 14.9 Å². The summed E-state index contributed by atoms with van der Waals surface area (Å²) in [6, 6.07) is 0. The molecule has 1 atom stereocenters. The fourth-order valence-corrected chi connectivity index (χ4v) is 0.384. The lowest BCUT2D eigenvalue weighted by molar-refractivity contribution is 0.0383. The molecule has 3 nitrogen and oxygen atoms in total. The van der Waals surface area contributed by atoms with E-state index in [4.69, 9.17) is 14.9 Å². The van der Waals surface area contributed by atoms with Crippen LogP contribution in [-0.4, -0.2) is 29.5 Å². The van der Waals surface area contributed by atoms with E-state index >= 15 is 0 Å². The first-order valence-corrected chi connectivity index (χ1v) is 3.36. The Morgan fingerprint density at radius 3 is 2.80 bits per heavy atom. The highest BCUT2D eigenvalue weighted by molar-refractivity contribution is 4.70. The van der Waals surface area contributed by atoms with Gasteiger partial charge in [0.1, 0.15) is 12.7 Å². The van der Waals surface area contributed by atoms with Gasteiger partial charge in [0.2, 0.25) is 0 Å². The topological polar surface area (TPSA) is 49.7 Å². The lowest BCUT2D eigenvalue weighted by Crippen LogP contribution is -2.17. The number of ether oxygens (including phenoxy) is 1. The van der Waals surface area contributed by atoms with Crippen molar-refractivity contribution in [2.75, 3.05) is 13.2 Å². The van der Waals surface area contributed by atoms with E-state index in [-0.39, 0.29) is 13.2 Å². The van der Waals surface area contributed by atoms with Gasteiger partial charge in [-0.2, -0.15) is 0 Å². The van der Waals surface area contributed by atoms with E-state index in [0.29, 0.717) is 0 Å². The average molecular weight is 146 g/mol. The average Bonchev–Trinajstić information content (AvgIpc) is 1.98. The summed E-state index contributed by atoms with van der Waals surface area (Å²) in [5.41, 5.74) is 0. The molecule has 0 heterocycles. The summed E-state index contributed by atoms with van der Waals surface area (Å²) in [6.45, 7) is 1.90. The van der Waals surface area contributed by atoms with Crippen LogP contribution in [-0.2, 0) is 4.74 Å². The molecule has 0 amide bonds. The van der Waals surface area contributed by atoms with Gasteiger partial charge < -0.3 is 14.9 Å². The van der Waals surface area contributed by atoms with Gasteiger partial charge in [-0.15, -0.1) is 0 Å². The summed E-state index contributed by atoms with van der Waals surface area (Å²) in [6.07, 6.45) is 3.51. The van der Waals surface area contributed by atoms with E-state index in [9.17, 15) is 0 Å². The standard InChI is InChI=1S/C7H14O3/c1-2-3-4-10-6-7(9)5-8/h3-4,7-9H,2,5-6H2,1H3/b4-3-/t7-/m1/s1. The normalized spacial score (nSPS) is 13.9. The first-order chi connectivity index (χ1) is 4.81. The highest BCUT2D eigenvalue weighted by atomic mass is 16.5. The molecule has 0 rings (SSSR count). The maximum absolute atomic E-state index is 8.75. The smallest absolute Gasteiger partial charge is 0.115 e. The van der Waals surface area contributed by atoms with Gasteiger partial charge in [0.05, 0.1) is 12.9 Å². The van der Waals surface area contributed by atoms with Crippen LogP contribution in [0.2, 0.25) is 0 Å². The first kappa shape index (κ1) is 9.46. The second-order valence-corrected chi connectivity index (χ2v) is 1.95. The van der Waals surface area contributed by atoms with Gasteiger partial charge in [-0.05, 0) is 6.42 Å². The van der Waals surface area contributed by atoms with Gasteiger partial charge >= 0.3 is 0 Å². The van der Waals surface area contributed by atoms with Crippen LogP contribution in [0.15, 0.2) is 12.3 Å². The minimum atomic E-state index is -0.762. The fraction of sp³-hybridized carbons (Fsp3) is 0.714. The summed E-state index contributed by atoms with van der Waals surface area (Å²) >= 11 is 0. The van der Waals surface area contributed by atoms with Gasteiger partial charge in [0.25, 0.3) is 0 Å². The van der Waals surface area contributed by atoms with Crippen LogP contribution in [0.1, 0.15) is 13.3 Å². The van der Waals surface area contributed by atoms with Gasteiger partial charge in [-0.25, -0.2) is 0 Å². The molecule has 0 fully saturated rings. The van der Waals surface area contributed by atoms with Crippen LogP contribution in [0.5, 0.6) is 0 Å². The number of hydrogen-bond donors (Lipinski definition) is 2. The molecule has 0 aromatic heterocycles. The van der Waals surface area contributed by atoms with E-state index in [2.05, 4.69) is 0 Å². The zero-order valence-corrected chi connectivity index (χ0v) is 6.16. The SMILES string of the molecule is CC/C=C\OC[C@H](O)CO. The molecule has 0 aliphatic carbocycles. The molecule has 60 valence electrons. The second-order valence-electron chi connectivity index (χ2n) is 1.95. The Labute approximate surface area is 60.9 Å². The van der Waals surface area contributed by atoms with Crippen molar-refractivity contribution in [2.45, 2.75) is 19.4 Å². The van der Waals surface area contributed by atoms with Crippen molar-refractivity contribution in [3.8, 4) is 0 Å². The molecule has 0 saturated heterocycles. The fourth-order valence-electron chi connectivity index (χ4n) is 0.384. The Kier molecular flexibility index (Phi) is 6.22. The summed E-state index contributed by atoms with van der Waals surface area (Å²) in [5, 5.41) is 17.1. The molecule has 0 unspecified atom stereocenters. The van der Waals surface area contributed by atoms with Crippen molar-refractivity contribution in [1.29, 1.82) is 0 Å². The lowest BCUT2D eigenvalue weighted by atomic mass is 10.4. The van der Waals surface area contributed by atoms with E-state index in [1.165, 1.54) is 6.26 Å². The molecular weight excluding hydrogens is 132 g/mol. The maximum atomic E-state index is 8.75. The summed E-state index contributed by atoms with van der Waals surface area (Å²) in [5.74, 6) is 0. The minimum Gasteiger partial charge on any atom is -0.499 e. The summed E-state index contributed by atoms with van der Waals surface area (Å²) in [7, 11) is 0.